The molecule has 0 bridgehead atoms. The largest absolute Gasteiger partial charge is 0.294 e. The summed E-state index contributed by atoms with van der Waals surface area (Å²) < 4.78 is 2.23. The van der Waals surface area contributed by atoms with Crippen LogP contribution in [0.2, 0.25) is 0 Å². The maximum atomic E-state index is 4.64. The highest BCUT2D eigenvalue weighted by molar-refractivity contribution is 7.17. The fourth-order valence-corrected chi connectivity index (χ4v) is 2.61. The van der Waals surface area contributed by atoms with Gasteiger partial charge in [0.15, 0.2) is 4.96 Å². The lowest BCUT2D eigenvalue weighted by molar-refractivity contribution is 1.04. The van der Waals surface area contributed by atoms with E-state index in [0.717, 1.165) is 10.9 Å². The molecule has 2 heterocycles. The van der Waals surface area contributed by atoms with Crippen LogP contribution in [-0.4, -0.2) is 9.38 Å². The molecule has 1 aliphatic carbocycles. The van der Waals surface area contributed by atoms with Gasteiger partial charge in [0.05, 0.1) is 5.69 Å². The molecule has 1 aliphatic rings. The van der Waals surface area contributed by atoms with Gasteiger partial charge in [-0.05, 0) is 26.7 Å². The van der Waals surface area contributed by atoms with Crippen molar-refractivity contribution in [3.8, 4) is 0 Å². The predicted octanol–water partition coefficient (Wildman–Crippen LogP) is 2.89. The third-order valence-electron chi connectivity index (χ3n) is 2.80. The van der Waals surface area contributed by atoms with Crippen molar-refractivity contribution in [3.63, 3.8) is 0 Å². The average Bonchev–Trinajstić information content (AvgIpc) is 2.82. The van der Waals surface area contributed by atoms with Crippen LogP contribution in [0.5, 0.6) is 0 Å². The molecule has 0 saturated heterocycles. The zero-order valence-electron chi connectivity index (χ0n) is 7.87. The maximum Gasteiger partial charge on any atom is 0.194 e. The molecule has 0 unspecified atom stereocenters. The van der Waals surface area contributed by atoms with Gasteiger partial charge in [0, 0.05) is 22.7 Å². The van der Waals surface area contributed by atoms with Gasteiger partial charge < -0.3 is 0 Å². The van der Waals surface area contributed by atoms with Crippen molar-refractivity contribution in [2.75, 3.05) is 0 Å². The quantitative estimate of drug-likeness (QED) is 0.679. The molecule has 0 atom stereocenters. The number of nitrogens with zero attached hydrogens (tertiary/aromatic N) is 2. The molecule has 68 valence electrons. The van der Waals surface area contributed by atoms with Gasteiger partial charge in [0.1, 0.15) is 0 Å². The van der Waals surface area contributed by atoms with Gasteiger partial charge in [-0.25, -0.2) is 4.98 Å². The average molecular weight is 192 g/mol. The molecule has 0 radical (unpaired) electrons. The number of hydrogen-bond acceptors (Lipinski definition) is 2. The standard InChI is InChI=1S/C10H12N2S/c1-6-7(2)13-10-11-9(5-12(6)10)8-3-4-8/h5,8H,3-4H2,1-2H3. The van der Waals surface area contributed by atoms with Crippen LogP contribution in [0.25, 0.3) is 4.96 Å². The Morgan fingerprint density at radius 1 is 1.46 bits per heavy atom. The molecule has 3 rings (SSSR count). The second-order valence-corrected chi connectivity index (χ2v) is 5.02. The first kappa shape index (κ1) is 7.56. The summed E-state index contributed by atoms with van der Waals surface area (Å²) in [5, 5.41) is 0. The lowest BCUT2D eigenvalue weighted by atomic mass is 10.3. The first-order valence-corrected chi connectivity index (χ1v) is 5.52. The Morgan fingerprint density at radius 2 is 2.23 bits per heavy atom. The third kappa shape index (κ3) is 1.03. The summed E-state index contributed by atoms with van der Waals surface area (Å²) in [4.78, 5) is 7.18. The highest BCUT2D eigenvalue weighted by Crippen LogP contribution is 2.40. The van der Waals surface area contributed by atoms with E-state index < -0.39 is 0 Å². The van der Waals surface area contributed by atoms with Crippen molar-refractivity contribution in [1.82, 2.24) is 9.38 Å². The van der Waals surface area contributed by atoms with Crippen molar-refractivity contribution < 1.29 is 0 Å². The van der Waals surface area contributed by atoms with E-state index >= 15 is 0 Å². The maximum absolute atomic E-state index is 4.64. The van der Waals surface area contributed by atoms with Crippen molar-refractivity contribution in [2.45, 2.75) is 32.6 Å². The molecule has 0 amide bonds. The summed E-state index contributed by atoms with van der Waals surface area (Å²) in [7, 11) is 0. The van der Waals surface area contributed by atoms with Gasteiger partial charge in [-0.2, -0.15) is 0 Å². The summed E-state index contributed by atoms with van der Waals surface area (Å²) in [6, 6.07) is 0. The van der Waals surface area contributed by atoms with Crippen molar-refractivity contribution in [3.05, 3.63) is 22.5 Å². The Bertz CT molecular complexity index is 462. The minimum atomic E-state index is 0.770. The lowest BCUT2D eigenvalue weighted by Crippen LogP contribution is -1.82. The van der Waals surface area contributed by atoms with E-state index in [2.05, 4.69) is 29.4 Å². The topological polar surface area (TPSA) is 17.3 Å². The van der Waals surface area contributed by atoms with Gasteiger partial charge in [-0.15, -0.1) is 11.3 Å². The normalized spacial score (nSPS) is 17.1. The zero-order chi connectivity index (χ0) is 9.00. The molecule has 2 aromatic rings. The van der Waals surface area contributed by atoms with Crippen molar-refractivity contribution >= 4 is 16.3 Å². The van der Waals surface area contributed by atoms with Gasteiger partial charge in [0.2, 0.25) is 0 Å². The lowest BCUT2D eigenvalue weighted by Gasteiger charge is -1.89. The molecule has 0 N–H and O–H groups in total. The summed E-state index contributed by atoms with van der Waals surface area (Å²) in [5.74, 6) is 0.770. The van der Waals surface area contributed by atoms with Crippen molar-refractivity contribution in [1.29, 1.82) is 0 Å². The zero-order valence-corrected chi connectivity index (χ0v) is 8.69. The SMILES string of the molecule is Cc1sc2nc(C3CC3)cn2c1C. The van der Waals surface area contributed by atoms with Crippen molar-refractivity contribution in [2.24, 2.45) is 0 Å². The number of hydrogen-bond donors (Lipinski definition) is 0. The molecule has 0 aromatic carbocycles. The van der Waals surface area contributed by atoms with Crippen LogP contribution < -0.4 is 0 Å². The number of fused-ring (bicyclic) bond motifs is 1. The number of aryl methyl sites for hydroxylation is 2. The van der Waals surface area contributed by atoms with Crippen LogP contribution in [0.4, 0.5) is 0 Å². The van der Waals surface area contributed by atoms with Gasteiger partial charge in [-0.1, -0.05) is 0 Å². The monoisotopic (exact) mass is 192 g/mol. The smallest absolute Gasteiger partial charge is 0.194 e. The Morgan fingerprint density at radius 3 is 2.85 bits per heavy atom. The fourth-order valence-electron chi connectivity index (χ4n) is 1.65. The molecular formula is C10H12N2S. The van der Waals surface area contributed by atoms with E-state index in [-0.39, 0.29) is 0 Å². The van der Waals surface area contributed by atoms with E-state index in [1.807, 2.05) is 0 Å². The molecule has 13 heavy (non-hydrogen) atoms. The molecule has 1 fully saturated rings. The van der Waals surface area contributed by atoms with Crippen LogP contribution in [0, 0.1) is 13.8 Å². The fraction of sp³-hybridized carbons (Fsp3) is 0.500. The highest BCUT2D eigenvalue weighted by Gasteiger charge is 2.26. The second-order valence-electron chi connectivity index (χ2n) is 3.84. The Balaban J connectivity index is 2.23. The summed E-state index contributed by atoms with van der Waals surface area (Å²) in [6.07, 6.45) is 4.89. The molecule has 2 nitrogen and oxygen atoms in total. The van der Waals surface area contributed by atoms with Crippen LogP contribution >= 0.6 is 11.3 Å². The minimum Gasteiger partial charge on any atom is -0.294 e. The predicted molar refractivity (Wildman–Crippen MR) is 54.5 cm³/mol. The summed E-state index contributed by atoms with van der Waals surface area (Å²) in [6.45, 7) is 4.32. The van der Waals surface area contributed by atoms with Gasteiger partial charge in [0.25, 0.3) is 0 Å². The molecule has 0 aliphatic heterocycles. The Hall–Kier alpha value is -0.830. The molecule has 0 spiro atoms. The van der Waals surface area contributed by atoms with Crippen LogP contribution in [0.1, 0.15) is 35.0 Å². The Kier molecular flexibility index (Phi) is 1.37. The van der Waals surface area contributed by atoms with E-state index in [1.54, 1.807) is 11.3 Å². The molecule has 2 aromatic heterocycles. The number of rotatable bonds is 1. The van der Waals surface area contributed by atoms with Crippen LogP contribution in [0.15, 0.2) is 6.20 Å². The summed E-state index contributed by atoms with van der Waals surface area (Å²) in [5.41, 5.74) is 2.65. The third-order valence-corrected chi connectivity index (χ3v) is 3.88. The first-order valence-electron chi connectivity index (χ1n) is 4.70. The Labute approximate surface area is 81.2 Å². The summed E-state index contributed by atoms with van der Waals surface area (Å²) >= 11 is 1.80. The van der Waals surface area contributed by atoms with Gasteiger partial charge in [-0.3, -0.25) is 4.40 Å². The molecular weight excluding hydrogens is 180 g/mol. The minimum absolute atomic E-state index is 0.770. The first-order chi connectivity index (χ1) is 6.25. The van der Waals surface area contributed by atoms with E-state index in [1.165, 1.54) is 29.1 Å². The van der Waals surface area contributed by atoms with Gasteiger partial charge >= 0.3 is 0 Å². The van der Waals surface area contributed by atoms with E-state index in [0.29, 0.717) is 0 Å². The second kappa shape index (κ2) is 2.35. The molecule has 3 heteroatoms. The highest BCUT2D eigenvalue weighted by atomic mass is 32.1. The number of aromatic nitrogens is 2. The van der Waals surface area contributed by atoms with E-state index in [4.69, 9.17) is 0 Å². The number of thiazole rings is 1. The molecule has 1 saturated carbocycles. The van der Waals surface area contributed by atoms with Crippen LogP contribution in [0.3, 0.4) is 0 Å². The van der Waals surface area contributed by atoms with E-state index in [9.17, 15) is 0 Å². The number of imidazole rings is 1. The van der Waals surface area contributed by atoms with Crippen LogP contribution in [-0.2, 0) is 0 Å².